The van der Waals surface area contributed by atoms with Gasteiger partial charge in [0, 0.05) is 11.8 Å². The van der Waals surface area contributed by atoms with Gasteiger partial charge in [-0.25, -0.2) is 14.4 Å². The van der Waals surface area contributed by atoms with Crippen molar-refractivity contribution in [3.63, 3.8) is 0 Å². The van der Waals surface area contributed by atoms with Crippen molar-refractivity contribution in [3.05, 3.63) is 40.6 Å². The molecule has 0 aromatic carbocycles. The predicted octanol–water partition coefficient (Wildman–Crippen LogP) is 2.49. The number of nitrogens with zero attached hydrogens (tertiary/aromatic N) is 2. The average Bonchev–Trinajstić information content (AvgIpc) is 2.48. The molecule has 2 aromatic heterocycles. The maximum Gasteiger partial charge on any atom is 0.433 e. The van der Waals surface area contributed by atoms with Crippen LogP contribution in [0.2, 0.25) is 0 Å². The van der Waals surface area contributed by atoms with Crippen molar-refractivity contribution in [2.45, 2.75) is 20.0 Å². The van der Waals surface area contributed by atoms with Crippen molar-refractivity contribution in [1.29, 1.82) is 0 Å². The fraction of sp³-hybridized carbons (Fsp3) is 0.200. The van der Waals surface area contributed by atoms with Crippen LogP contribution in [-0.2, 0) is 6.18 Å². The predicted molar refractivity (Wildman–Crippen MR) is 80.1 cm³/mol. The van der Waals surface area contributed by atoms with E-state index in [0.29, 0.717) is 6.07 Å². The van der Waals surface area contributed by atoms with Gasteiger partial charge in [0.2, 0.25) is 0 Å². The molecule has 0 aliphatic carbocycles. The van der Waals surface area contributed by atoms with E-state index in [4.69, 9.17) is 11.5 Å². The van der Waals surface area contributed by atoms with Gasteiger partial charge in [-0.15, -0.1) is 0 Å². The maximum absolute atomic E-state index is 14.2. The number of Topliss-reactive ketones (excluding diaryl/α,β-unsaturated/α-hetero) is 1. The van der Waals surface area contributed by atoms with Crippen LogP contribution in [0.1, 0.15) is 39.0 Å². The monoisotopic (exact) mass is 356 g/mol. The topological polar surface area (TPSA) is 112 Å². The first kappa shape index (κ1) is 18.3. The normalized spacial score (nSPS) is 11.4. The molecule has 4 N–H and O–H groups in total. The molecular formula is C15H12F4N4O2. The number of primary amides is 1. The van der Waals surface area contributed by atoms with Crippen LogP contribution in [-0.4, -0.2) is 21.7 Å². The summed E-state index contributed by atoms with van der Waals surface area (Å²) in [6, 6.07) is 0.598. The lowest BCUT2D eigenvalue weighted by Gasteiger charge is -2.16. The lowest BCUT2D eigenvalue weighted by molar-refractivity contribution is -0.141. The lowest BCUT2D eigenvalue weighted by atomic mass is 9.94. The molecule has 0 bridgehead atoms. The van der Waals surface area contributed by atoms with E-state index in [-0.39, 0.29) is 16.7 Å². The molecule has 2 heterocycles. The van der Waals surface area contributed by atoms with Crippen molar-refractivity contribution in [1.82, 2.24) is 9.97 Å². The molecule has 25 heavy (non-hydrogen) atoms. The van der Waals surface area contributed by atoms with E-state index in [1.54, 1.807) is 0 Å². The Morgan fingerprint density at radius 1 is 1.20 bits per heavy atom. The van der Waals surface area contributed by atoms with Crippen molar-refractivity contribution in [2.75, 3.05) is 5.73 Å². The molecule has 0 saturated carbocycles. The number of hydrogen-bond acceptors (Lipinski definition) is 5. The van der Waals surface area contributed by atoms with Gasteiger partial charge in [0.05, 0.1) is 5.56 Å². The Kier molecular flexibility index (Phi) is 4.47. The summed E-state index contributed by atoms with van der Waals surface area (Å²) in [5, 5.41) is 0. The highest BCUT2D eigenvalue weighted by Gasteiger charge is 2.35. The average molecular weight is 356 g/mol. The summed E-state index contributed by atoms with van der Waals surface area (Å²) in [6.45, 7) is 2.30. The number of alkyl halides is 3. The van der Waals surface area contributed by atoms with E-state index in [9.17, 15) is 27.2 Å². The first-order valence-corrected chi connectivity index (χ1v) is 6.79. The van der Waals surface area contributed by atoms with Gasteiger partial charge in [-0.05, 0) is 31.0 Å². The van der Waals surface area contributed by atoms with Crippen LogP contribution in [0, 0.1) is 12.7 Å². The Morgan fingerprint density at radius 3 is 2.28 bits per heavy atom. The quantitative estimate of drug-likeness (QED) is 0.648. The number of nitrogen functional groups attached to an aromatic ring is 1. The standard InChI is InChI=1S/C15H12F4N4O2/c1-5-7(3-9(15(17,18)19)23-12(5)14(21)25)8-4-22-13(20)11(16)10(8)6(2)24/h3-4H,1-2H3,(H2,20,22)(H2,21,25). The molecule has 6 nitrogen and oxygen atoms in total. The zero-order valence-electron chi connectivity index (χ0n) is 13.0. The highest BCUT2D eigenvalue weighted by Crippen LogP contribution is 2.36. The van der Waals surface area contributed by atoms with Gasteiger partial charge in [0.1, 0.15) is 11.4 Å². The molecule has 0 saturated heterocycles. The number of hydrogen-bond donors (Lipinski definition) is 2. The van der Waals surface area contributed by atoms with Crippen LogP contribution in [0.4, 0.5) is 23.4 Å². The summed E-state index contributed by atoms with van der Waals surface area (Å²) < 4.78 is 53.4. The third-order valence-corrected chi connectivity index (χ3v) is 3.49. The largest absolute Gasteiger partial charge is 0.433 e. The van der Waals surface area contributed by atoms with Crippen molar-refractivity contribution >= 4 is 17.5 Å². The third-order valence-electron chi connectivity index (χ3n) is 3.49. The highest BCUT2D eigenvalue weighted by molar-refractivity contribution is 6.03. The highest BCUT2D eigenvalue weighted by atomic mass is 19.4. The number of ketones is 1. The Labute approximate surface area is 138 Å². The Balaban J connectivity index is 2.93. The van der Waals surface area contributed by atoms with Crippen molar-refractivity contribution in [3.8, 4) is 11.1 Å². The van der Waals surface area contributed by atoms with Crippen LogP contribution < -0.4 is 11.5 Å². The molecule has 10 heteroatoms. The fourth-order valence-corrected chi connectivity index (χ4v) is 2.32. The Morgan fingerprint density at radius 2 is 1.80 bits per heavy atom. The molecule has 0 aliphatic rings. The molecule has 2 rings (SSSR count). The van der Waals surface area contributed by atoms with Gasteiger partial charge < -0.3 is 11.5 Å². The number of halogens is 4. The van der Waals surface area contributed by atoms with E-state index < -0.39 is 46.5 Å². The van der Waals surface area contributed by atoms with Crippen LogP contribution in [0.3, 0.4) is 0 Å². The zero-order valence-corrected chi connectivity index (χ0v) is 13.0. The first-order chi connectivity index (χ1) is 11.4. The van der Waals surface area contributed by atoms with E-state index >= 15 is 0 Å². The van der Waals surface area contributed by atoms with Gasteiger partial charge in [-0.3, -0.25) is 9.59 Å². The molecule has 0 radical (unpaired) electrons. The summed E-state index contributed by atoms with van der Waals surface area (Å²) in [5.41, 5.74) is 7.28. The molecule has 0 spiro atoms. The van der Waals surface area contributed by atoms with E-state index in [2.05, 4.69) is 9.97 Å². The minimum atomic E-state index is -4.89. The second-order valence-corrected chi connectivity index (χ2v) is 5.19. The van der Waals surface area contributed by atoms with Crippen molar-refractivity contribution < 1.29 is 27.2 Å². The number of aromatic nitrogens is 2. The number of amides is 1. The van der Waals surface area contributed by atoms with E-state index in [1.165, 1.54) is 6.92 Å². The first-order valence-electron chi connectivity index (χ1n) is 6.79. The number of nitrogens with two attached hydrogens (primary N) is 2. The van der Waals surface area contributed by atoms with Crippen LogP contribution >= 0.6 is 0 Å². The number of carbonyl (C=O) groups is 2. The minimum Gasteiger partial charge on any atom is -0.381 e. The number of carbonyl (C=O) groups excluding carboxylic acids is 2. The Hall–Kier alpha value is -3.04. The summed E-state index contributed by atoms with van der Waals surface area (Å²) in [6.07, 6.45) is -3.93. The zero-order chi connectivity index (χ0) is 19.1. The molecule has 132 valence electrons. The SMILES string of the molecule is CC(=O)c1c(-c2cc(C(F)(F)F)nc(C(N)=O)c2C)cnc(N)c1F. The molecule has 0 fully saturated rings. The summed E-state index contributed by atoms with van der Waals surface area (Å²) in [5.74, 6) is -3.70. The Bertz CT molecular complexity index is 894. The molecular weight excluding hydrogens is 344 g/mol. The molecule has 1 amide bonds. The summed E-state index contributed by atoms with van der Waals surface area (Å²) in [4.78, 5) is 30.0. The molecule has 2 aromatic rings. The summed E-state index contributed by atoms with van der Waals surface area (Å²) >= 11 is 0. The second kappa shape index (κ2) is 6.11. The number of anilines is 1. The van der Waals surface area contributed by atoms with Gasteiger partial charge in [0.25, 0.3) is 5.91 Å². The van der Waals surface area contributed by atoms with Crippen LogP contribution in [0.25, 0.3) is 11.1 Å². The minimum absolute atomic E-state index is 0.0472. The van der Waals surface area contributed by atoms with E-state index in [0.717, 1.165) is 13.1 Å². The van der Waals surface area contributed by atoms with Crippen LogP contribution in [0.5, 0.6) is 0 Å². The van der Waals surface area contributed by atoms with Crippen molar-refractivity contribution in [2.24, 2.45) is 5.73 Å². The number of pyridine rings is 2. The summed E-state index contributed by atoms with van der Waals surface area (Å²) in [7, 11) is 0. The third kappa shape index (κ3) is 3.28. The van der Waals surface area contributed by atoms with E-state index in [1.807, 2.05) is 0 Å². The molecule has 0 unspecified atom stereocenters. The molecule has 0 aliphatic heterocycles. The smallest absolute Gasteiger partial charge is 0.381 e. The molecule has 0 atom stereocenters. The number of rotatable bonds is 3. The second-order valence-electron chi connectivity index (χ2n) is 5.19. The van der Waals surface area contributed by atoms with Crippen LogP contribution in [0.15, 0.2) is 12.3 Å². The fourth-order valence-electron chi connectivity index (χ4n) is 2.32. The maximum atomic E-state index is 14.2. The van der Waals surface area contributed by atoms with Gasteiger partial charge in [-0.2, -0.15) is 13.2 Å². The van der Waals surface area contributed by atoms with Gasteiger partial charge in [0.15, 0.2) is 17.4 Å². The van der Waals surface area contributed by atoms with Gasteiger partial charge in [-0.1, -0.05) is 0 Å². The lowest BCUT2D eigenvalue weighted by Crippen LogP contribution is -2.20. The van der Waals surface area contributed by atoms with Gasteiger partial charge >= 0.3 is 6.18 Å².